The summed E-state index contributed by atoms with van der Waals surface area (Å²) in [4.78, 5) is 27.2. The number of hydrogen-bond acceptors (Lipinski definition) is 6. The van der Waals surface area contributed by atoms with Gasteiger partial charge >= 0.3 is 0 Å². The fourth-order valence-corrected chi connectivity index (χ4v) is 5.54. The minimum atomic E-state index is -3.70. The molecule has 0 aliphatic rings. The molecule has 0 aliphatic heterocycles. The van der Waals surface area contributed by atoms with Crippen LogP contribution in [-0.4, -0.2) is 57.3 Å². The van der Waals surface area contributed by atoms with Gasteiger partial charge in [-0.3, -0.25) is 13.9 Å². The SMILES string of the molecule is C[C@@H](NC[C@@H](O)[C@H](Cc1ccccc1)NC(=O)c1cc(C(=O)N[C@H](C)c2ccccc2)cc(N(C)S(C)(=O)=O)c1)c1ccccc1. The highest BCUT2D eigenvalue weighted by atomic mass is 32.2. The van der Waals surface area contributed by atoms with Gasteiger partial charge in [0.05, 0.1) is 30.1 Å². The summed E-state index contributed by atoms with van der Waals surface area (Å²) in [6, 6.07) is 32.0. The van der Waals surface area contributed by atoms with E-state index in [0.29, 0.717) is 6.42 Å². The number of carbonyl (C=O) groups is 2. The number of nitrogens with one attached hydrogen (secondary N) is 3. The third kappa shape index (κ3) is 9.50. The van der Waals surface area contributed by atoms with E-state index in [2.05, 4.69) is 16.0 Å². The predicted octanol–water partition coefficient (Wildman–Crippen LogP) is 4.63. The van der Waals surface area contributed by atoms with Crippen molar-refractivity contribution in [3.05, 3.63) is 137 Å². The molecule has 4 atom stereocenters. The van der Waals surface area contributed by atoms with Crippen molar-refractivity contribution in [1.82, 2.24) is 16.0 Å². The monoisotopic (exact) mass is 642 g/mol. The quantitative estimate of drug-likeness (QED) is 0.159. The number of benzene rings is 4. The van der Waals surface area contributed by atoms with E-state index >= 15 is 0 Å². The van der Waals surface area contributed by atoms with Crippen LogP contribution < -0.4 is 20.3 Å². The lowest BCUT2D eigenvalue weighted by molar-refractivity contribution is 0.0825. The number of anilines is 1. The molecule has 0 saturated carbocycles. The molecule has 2 amide bonds. The van der Waals surface area contributed by atoms with E-state index in [1.807, 2.05) is 105 Å². The van der Waals surface area contributed by atoms with E-state index in [1.165, 1.54) is 25.2 Å². The summed E-state index contributed by atoms with van der Waals surface area (Å²) >= 11 is 0. The third-order valence-corrected chi connectivity index (χ3v) is 9.17. The number of amides is 2. The minimum absolute atomic E-state index is 0.0357. The van der Waals surface area contributed by atoms with Gasteiger partial charge < -0.3 is 21.1 Å². The zero-order chi connectivity index (χ0) is 33.3. The maximum atomic E-state index is 13.8. The zero-order valence-corrected chi connectivity index (χ0v) is 27.4. The molecule has 0 spiro atoms. The van der Waals surface area contributed by atoms with Crippen molar-refractivity contribution in [2.24, 2.45) is 0 Å². The first kappa shape index (κ1) is 34.4. The topological polar surface area (TPSA) is 128 Å². The van der Waals surface area contributed by atoms with Crippen molar-refractivity contribution in [1.29, 1.82) is 0 Å². The molecule has 0 unspecified atom stereocenters. The molecule has 0 radical (unpaired) electrons. The summed E-state index contributed by atoms with van der Waals surface area (Å²) in [5.41, 5.74) is 3.25. The predicted molar refractivity (Wildman–Crippen MR) is 182 cm³/mol. The molecule has 10 heteroatoms. The molecule has 46 heavy (non-hydrogen) atoms. The van der Waals surface area contributed by atoms with Crippen LogP contribution in [0.15, 0.2) is 109 Å². The molecule has 242 valence electrons. The number of hydrogen-bond donors (Lipinski definition) is 4. The average molecular weight is 643 g/mol. The molecule has 9 nitrogen and oxygen atoms in total. The Morgan fingerprint density at radius 2 is 1.22 bits per heavy atom. The summed E-state index contributed by atoms with van der Waals surface area (Å²) in [6.07, 6.45) is 0.429. The number of aliphatic hydroxyl groups is 1. The van der Waals surface area contributed by atoms with Gasteiger partial charge in [-0.25, -0.2) is 8.42 Å². The summed E-state index contributed by atoms with van der Waals surface area (Å²) in [6.45, 7) is 4.05. The fraction of sp³-hybridized carbons (Fsp3) is 0.278. The first-order chi connectivity index (χ1) is 21.9. The number of rotatable bonds is 14. The summed E-state index contributed by atoms with van der Waals surface area (Å²) in [7, 11) is -2.34. The number of sulfonamides is 1. The summed E-state index contributed by atoms with van der Waals surface area (Å²) < 4.78 is 25.9. The van der Waals surface area contributed by atoms with Gasteiger partial charge in [0.2, 0.25) is 10.0 Å². The largest absolute Gasteiger partial charge is 0.390 e. The molecule has 0 bridgehead atoms. The normalized spacial score (nSPS) is 14.0. The van der Waals surface area contributed by atoms with Gasteiger partial charge in [0.1, 0.15) is 0 Å². The second-order valence-corrected chi connectivity index (χ2v) is 13.5. The van der Waals surface area contributed by atoms with Crippen LogP contribution in [0.3, 0.4) is 0 Å². The summed E-state index contributed by atoms with van der Waals surface area (Å²) in [5, 5.41) is 20.6. The van der Waals surface area contributed by atoms with E-state index in [-0.39, 0.29) is 35.4 Å². The molecule has 4 aromatic rings. The van der Waals surface area contributed by atoms with E-state index < -0.39 is 34.0 Å². The van der Waals surface area contributed by atoms with Crippen LogP contribution >= 0.6 is 0 Å². The van der Waals surface area contributed by atoms with Crippen LogP contribution in [0.5, 0.6) is 0 Å². The Labute approximate surface area is 271 Å². The Morgan fingerprint density at radius 3 is 1.74 bits per heavy atom. The molecule has 0 fully saturated rings. The van der Waals surface area contributed by atoms with Crippen molar-refractivity contribution in [2.45, 2.75) is 44.5 Å². The lowest BCUT2D eigenvalue weighted by Gasteiger charge is -2.27. The van der Waals surface area contributed by atoms with Crippen molar-refractivity contribution >= 4 is 27.5 Å². The van der Waals surface area contributed by atoms with Crippen LogP contribution in [-0.2, 0) is 16.4 Å². The molecule has 0 saturated heterocycles. The number of nitrogens with zero attached hydrogens (tertiary/aromatic N) is 1. The van der Waals surface area contributed by atoms with Crippen LogP contribution in [0, 0.1) is 0 Å². The third-order valence-electron chi connectivity index (χ3n) is 7.96. The Balaban J connectivity index is 1.60. The molecule has 4 aromatic carbocycles. The standard InChI is InChI=1S/C36H42N4O5S/c1-25(28-16-10-6-11-17-28)37-24-34(41)33(20-27-14-8-5-9-15-27)39-36(43)31-21-30(22-32(23-31)40(3)46(4,44)45)35(42)38-26(2)29-18-12-7-13-19-29/h5-19,21-23,25-26,33-34,37,41H,20,24H2,1-4H3,(H,38,42)(H,39,43)/t25-,26-,33+,34-/m1/s1. The molecule has 4 rings (SSSR count). The summed E-state index contributed by atoms with van der Waals surface area (Å²) in [5.74, 6) is -1.01. The smallest absolute Gasteiger partial charge is 0.251 e. The van der Waals surface area contributed by atoms with E-state index in [1.54, 1.807) is 0 Å². The van der Waals surface area contributed by atoms with Gasteiger partial charge in [0, 0.05) is 30.8 Å². The second kappa shape index (κ2) is 15.7. The first-order valence-corrected chi connectivity index (χ1v) is 17.0. The highest BCUT2D eigenvalue weighted by molar-refractivity contribution is 7.92. The average Bonchev–Trinajstić information content (AvgIpc) is 3.06. The number of carbonyl (C=O) groups excluding carboxylic acids is 2. The lowest BCUT2D eigenvalue weighted by atomic mass is 9.99. The van der Waals surface area contributed by atoms with Gasteiger partial charge in [-0.15, -0.1) is 0 Å². The minimum Gasteiger partial charge on any atom is -0.390 e. The highest BCUT2D eigenvalue weighted by Crippen LogP contribution is 2.22. The van der Waals surface area contributed by atoms with Crippen LogP contribution in [0.25, 0.3) is 0 Å². The Hall–Kier alpha value is -4.51. The molecular formula is C36H42N4O5S. The Morgan fingerprint density at radius 1 is 0.739 bits per heavy atom. The molecule has 4 N–H and O–H groups in total. The fourth-order valence-electron chi connectivity index (χ4n) is 5.05. The molecule has 0 heterocycles. The van der Waals surface area contributed by atoms with E-state index in [4.69, 9.17) is 0 Å². The molecule has 0 aromatic heterocycles. The molecule has 0 aliphatic carbocycles. The van der Waals surface area contributed by atoms with Gasteiger partial charge in [0.15, 0.2) is 0 Å². The second-order valence-electron chi connectivity index (χ2n) is 11.5. The van der Waals surface area contributed by atoms with Gasteiger partial charge in [-0.1, -0.05) is 91.0 Å². The maximum Gasteiger partial charge on any atom is 0.251 e. The van der Waals surface area contributed by atoms with Crippen LogP contribution in [0.4, 0.5) is 5.69 Å². The Bertz CT molecular complexity index is 1700. The van der Waals surface area contributed by atoms with Crippen molar-refractivity contribution in [2.75, 3.05) is 24.2 Å². The van der Waals surface area contributed by atoms with Gasteiger partial charge in [-0.2, -0.15) is 0 Å². The van der Waals surface area contributed by atoms with E-state index in [9.17, 15) is 23.1 Å². The van der Waals surface area contributed by atoms with Crippen molar-refractivity contribution < 1.29 is 23.1 Å². The van der Waals surface area contributed by atoms with Gasteiger partial charge in [0.25, 0.3) is 11.8 Å². The van der Waals surface area contributed by atoms with Crippen molar-refractivity contribution in [3.8, 4) is 0 Å². The van der Waals surface area contributed by atoms with E-state index in [0.717, 1.165) is 27.3 Å². The van der Waals surface area contributed by atoms with Crippen LogP contribution in [0.2, 0.25) is 0 Å². The lowest BCUT2D eigenvalue weighted by Crippen LogP contribution is -2.49. The molecular weight excluding hydrogens is 600 g/mol. The number of aliphatic hydroxyl groups excluding tert-OH is 1. The van der Waals surface area contributed by atoms with Crippen molar-refractivity contribution in [3.63, 3.8) is 0 Å². The maximum absolute atomic E-state index is 13.8. The zero-order valence-electron chi connectivity index (χ0n) is 26.6. The van der Waals surface area contributed by atoms with Crippen LogP contribution in [0.1, 0.15) is 63.3 Å². The Kier molecular flexibility index (Phi) is 11.7. The first-order valence-electron chi connectivity index (χ1n) is 15.2. The highest BCUT2D eigenvalue weighted by Gasteiger charge is 2.25. The van der Waals surface area contributed by atoms with Gasteiger partial charge in [-0.05, 0) is 55.2 Å².